The smallest absolute Gasteiger partial charge is 0.243 e. The summed E-state index contributed by atoms with van der Waals surface area (Å²) in [5.41, 5.74) is 1.99. The van der Waals surface area contributed by atoms with Crippen LogP contribution in [0.3, 0.4) is 0 Å². The topological polar surface area (TPSA) is 82.1 Å². The van der Waals surface area contributed by atoms with Gasteiger partial charge in [0.2, 0.25) is 5.91 Å². The monoisotopic (exact) mass is 536 g/mol. The lowest BCUT2D eigenvalue weighted by Crippen LogP contribution is -2.50. The fourth-order valence-corrected chi connectivity index (χ4v) is 4.08. The molecular weight excluding hydrogens is 507 g/mol. The highest BCUT2D eigenvalue weighted by Crippen LogP contribution is 2.24. The Morgan fingerprint density at radius 1 is 1.23 bits per heavy atom. The molecule has 31 heavy (non-hydrogen) atoms. The second-order valence-corrected chi connectivity index (χ2v) is 7.53. The first-order valence-electron chi connectivity index (χ1n) is 10.3. The molecule has 166 valence electrons. The number of nitrogens with one attached hydrogen (secondary N) is 2. The molecule has 9 heteroatoms. The minimum atomic E-state index is -0.136. The van der Waals surface area contributed by atoms with Crippen LogP contribution in [-0.4, -0.2) is 78.6 Å². The quantitative estimate of drug-likeness (QED) is 0.345. The number of ether oxygens (including phenoxy) is 1. The third-order valence-corrected chi connectivity index (χ3v) is 5.51. The molecule has 0 aliphatic carbocycles. The molecule has 0 spiro atoms. The van der Waals surface area contributed by atoms with Crippen molar-refractivity contribution in [2.75, 3.05) is 45.2 Å². The Balaban J connectivity index is 0.00000272. The van der Waals surface area contributed by atoms with Gasteiger partial charge in [0.25, 0.3) is 0 Å². The molecule has 2 N–H and O–H groups in total. The van der Waals surface area contributed by atoms with Crippen LogP contribution >= 0.6 is 24.0 Å². The number of anilines is 1. The predicted octanol–water partition coefficient (Wildman–Crippen LogP) is 1.80. The number of likely N-dealkylation sites (tertiary alicyclic amines) is 1. The molecule has 1 aromatic carbocycles. The van der Waals surface area contributed by atoms with E-state index in [1.165, 1.54) is 5.56 Å². The summed E-state index contributed by atoms with van der Waals surface area (Å²) in [6.07, 6.45) is 3.44. The van der Waals surface area contributed by atoms with Crippen LogP contribution in [0.15, 0.2) is 59.9 Å². The summed E-state index contributed by atoms with van der Waals surface area (Å²) in [7, 11) is 1.74. The van der Waals surface area contributed by atoms with E-state index in [0.29, 0.717) is 17.7 Å². The highest BCUT2D eigenvalue weighted by Gasteiger charge is 2.41. The minimum Gasteiger partial charge on any atom is -0.373 e. The highest BCUT2D eigenvalue weighted by molar-refractivity contribution is 14.0. The number of halogens is 1. The molecule has 2 aromatic rings. The Labute approximate surface area is 200 Å². The standard InChI is InChI=1S/C22H28N6O2.HI/c1-23-22(25-13-21(29)26-18-8-5-9-24-12-18)28-15-19-20(16-28)30-11-10-27(19)14-17-6-3-2-4-7-17;/h2-9,12,19-20H,10-11,13-16H2,1H3,(H,23,25)(H,26,29);1H. The van der Waals surface area contributed by atoms with E-state index in [1.54, 1.807) is 25.5 Å². The molecule has 2 atom stereocenters. The van der Waals surface area contributed by atoms with Gasteiger partial charge in [-0.1, -0.05) is 30.3 Å². The van der Waals surface area contributed by atoms with Gasteiger partial charge in [-0.2, -0.15) is 0 Å². The molecule has 0 saturated carbocycles. The number of rotatable bonds is 5. The van der Waals surface area contributed by atoms with Crippen LogP contribution in [0.1, 0.15) is 5.56 Å². The number of carbonyl (C=O) groups excluding carboxylic acids is 1. The number of pyridine rings is 1. The van der Waals surface area contributed by atoms with Crippen LogP contribution < -0.4 is 10.6 Å². The second kappa shape index (κ2) is 11.4. The Morgan fingerprint density at radius 3 is 2.81 bits per heavy atom. The fourth-order valence-electron chi connectivity index (χ4n) is 4.08. The van der Waals surface area contributed by atoms with Gasteiger partial charge in [-0.3, -0.25) is 19.7 Å². The van der Waals surface area contributed by atoms with Crippen molar-refractivity contribution in [2.45, 2.75) is 18.7 Å². The number of hydrogen-bond donors (Lipinski definition) is 2. The number of benzene rings is 1. The summed E-state index contributed by atoms with van der Waals surface area (Å²) >= 11 is 0. The maximum Gasteiger partial charge on any atom is 0.243 e. The Morgan fingerprint density at radius 2 is 2.06 bits per heavy atom. The lowest BCUT2D eigenvalue weighted by Gasteiger charge is -2.36. The highest BCUT2D eigenvalue weighted by atomic mass is 127. The maximum atomic E-state index is 12.2. The Hall–Kier alpha value is -2.24. The molecule has 1 aromatic heterocycles. The molecule has 0 bridgehead atoms. The first kappa shape index (κ1) is 23.4. The van der Waals surface area contributed by atoms with Gasteiger partial charge in [-0.05, 0) is 17.7 Å². The van der Waals surface area contributed by atoms with Crippen molar-refractivity contribution in [3.63, 3.8) is 0 Å². The van der Waals surface area contributed by atoms with Gasteiger partial charge >= 0.3 is 0 Å². The van der Waals surface area contributed by atoms with Gasteiger partial charge in [0.1, 0.15) is 0 Å². The molecule has 4 rings (SSSR count). The lowest BCUT2D eigenvalue weighted by atomic mass is 10.1. The number of nitrogens with zero attached hydrogens (tertiary/aromatic N) is 4. The summed E-state index contributed by atoms with van der Waals surface area (Å²) < 4.78 is 6.05. The van der Waals surface area contributed by atoms with E-state index in [-0.39, 0.29) is 42.5 Å². The van der Waals surface area contributed by atoms with Crippen molar-refractivity contribution in [2.24, 2.45) is 4.99 Å². The number of carbonyl (C=O) groups is 1. The SMILES string of the molecule is CN=C(NCC(=O)Nc1cccnc1)N1CC2OCCN(Cc3ccccc3)C2C1.I. The summed E-state index contributed by atoms with van der Waals surface area (Å²) in [4.78, 5) is 25.3. The minimum absolute atomic E-state index is 0. The lowest BCUT2D eigenvalue weighted by molar-refractivity contribution is -0.115. The molecule has 8 nitrogen and oxygen atoms in total. The molecule has 2 aliphatic rings. The molecule has 0 radical (unpaired) electrons. The molecule has 2 aliphatic heterocycles. The van der Waals surface area contributed by atoms with Crippen molar-refractivity contribution in [3.8, 4) is 0 Å². The molecule has 2 fully saturated rings. The van der Waals surface area contributed by atoms with Crippen molar-refractivity contribution < 1.29 is 9.53 Å². The zero-order chi connectivity index (χ0) is 20.8. The number of morpholine rings is 1. The van der Waals surface area contributed by atoms with E-state index < -0.39 is 0 Å². The average molecular weight is 536 g/mol. The third-order valence-electron chi connectivity index (χ3n) is 5.51. The summed E-state index contributed by atoms with van der Waals surface area (Å²) in [5.74, 6) is 0.580. The van der Waals surface area contributed by atoms with E-state index in [4.69, 9.17) is 4.74 Å². The number of aromatic nitrogens is 1. The number of fused-ring (bicyclic) bond motifs is 1. The van der Waals surface area contributed by atoms with Crippen LogP contribution in [0.4, 0.5) is 5.69 Å². The molecule has 1 amide bonds. The largest absolute Gasteiger partial charge is 0.373 e. The molecule has 3 heterocycles. The fraction of sp³-hybridized carbons (Fsp3) is 0.409. The van der Waals surface area contributed by atoms with Crippen LogP contribution in [-0.2, 0) is 16.1 Å². The second-order valence-electron chi connectivity index (χ2n) is 7.53. The van der Waals surface area contributed by atoms with E-state index in [1.807, 2.05) is 12.1 Å². The molecule has 2 unspecified atom stereocenters. The molecular formula is C22H29IN6O2. The number of aliphatic imine (C=N–C) groups is 1. The average Bonchev–Trinajstić information content (AvgIpc) is 3.21. The van der Waals surface area contributed by atoms with Gasteiger partial charge in [-0.15, -0.1) is 24.0 Å². The van der Waals surface area contributed by atoms with Gasteiger partial charge in [0.15, 0.2) is 5.96 Å². The van der Waals surface area contributed by atoms with Crippen molar-refractivity contribution in [1.29, 1.82) is 0 Å². The number of amides is 1. The number of hydrogen-bond acceptors (Lipinski definition) is 5. The summed E-state index contributed by atoms with van der Waals surface area (Å²) in [6, 6.07) is 14.4. The number of guanidine groups is 1. The first-order chi connectivity index (χ1) is 14.7. The van der Waals surface area contributed by atoms with Gasteiger partial charge < -0.3 is 20.3 Å². The van der Waals surface area contributed by atoms with Crippen molar-refractivity contribution in [3.05, 3.63) is 60.4 Å². The Kier molecular flexibility index (Phi) is 8.61. The van der Waals surface area contributed by atoms with Gasteiger partial charge in [0.05, 0.1) is 37.2 Å². The van der Waals surface area contributed by atoms with Crippen LogP contribution in [0.25, 0.3) is 0 Å². The third kappa shape index (κ3) is 6.14. The maximum absolute atomic E-state index is 12.2. The van der Waals surface area contributed by atoms with Gasteiger partial charge in [0, 0.05) is 39.4 Å². The molecule has 2 saturated heterocycles. The zero-order valence-corrected chi connectivity index (χ0v) is 19.9. The first-order valence-corrected chi connectivity index (χ1v) is 10.3. The van der Waals surface area contributed by atoms with Gasteiger partial charge in [-0.25, -0.2) is 0 Å². The van der Waals surface area contributed by atoms with Crippen LogP contribution in [0, 0.1) is 0 Å². The van der Waals surface area contributed by atoms with Crippen molar-refractivity contribution in [1.82, 2.24) is 20.1 Å². The van der Waals surface area contributed by atoms with E-state index in [0.717, 1.165) is 32.8 Å². The van der Waals surface area contributed by atoms with E-state index >= 15 is 0 Å². The van der Waals surface area contributed by atoms with E-state index in [2.05, 4.69) is 54.7 Å². The zero-order valence-electron chi connectivity index (χ0n) is 17.6. The summed E-state index contributed by atoms with van der Waals surface area (Å²) in [6.45, 7) is 4.30. The normalized spacial score (nSPS) is 21.2. The summed E-state index contributed by atoms with van der Waals surface area (Å²) in [5, 5.41) is 6.00. The Bertz CT molecular complexity index is 867. The van der Waals surface area contributed by atoms with Crippen LogP contribution in [0.2, 0.25) is 0 Å². The van der Waals surface area contributed by atoms with Crippen LogP contribution in [0.5, 0.6) is 0 Å². The van der Waals surface area contributed by atoms with Crippen molar-refractivity contribution >= 4 is 41.5 Å². The predicted molar refractivity (Wildman–Crippen MR) is 132 cm³/mol. The van der Waals surface area contributed by atoms with E-state index in [9.17, 15) is 4.79 Å².